The van der Waals surface area contributed by atoms with E-state index in [-0.39, 0.29) is 11.3 Å². The molecule has 0 radical (unpaired) electrons. The summed E-state index contributed by atoms with van der Waals surface area (Å²) < 4.78 is 17.1. The zero-order valence-corrected chi connectivity index (χ0v) is 23.9. The molecule has 4 rings (SSSR count). The largest absolute Gasteiger partial charge is 0.507 e. The Labute approximate surface area is 237 Å². The fourth-order valence-electron chi connectivity index (χ4n) is 5.02. The van der Waals surface area contributed by atoms with Gasteiger partial charge in [-0.1, -0.05) is 32.9 Å². The van der Waals surface area contributed by atoms with Gasteiger partial charge in [-0.3, -0.25) is 14.5 Å². The van der Waals surface area contributed by atoms with E-state index in [9.17, 15) is 14.7 Å². The number of aliphatic hydroxyl groups excluding tert-OH is 1. The predicted octanol–water partition coefficient (Wildman–Crippen LogP) is 5.04. The van der Waals surface area contributed by atoms with E-state index >= 15 is 0 Å². The SMILES string of the molecule is CCCOc1ccc(/C(O)=C2\C(=O)C(=O)N(CCCN3CCOCC3)C2c2cccc(OCCC(C)C)c2)cc1. The van der Waals surface area contributed by atoms with Gasteiger partial charge in [-0.25, -0.2) is 0 Å². The van der Waals surface area contributed by atoms with Crippen LogP contribution in [0.25, 0.3) is 5.76 Å². The number of aliphatic hydroxyl groups is 1. The Kier molecular flexibility index (Phi) is 10.6. The van der Waals surface area contributed by atoms with E-state index in [1.807, 2.05) is 31.2 Å². The van der Waals surface area contributed by atoms with Crippen LogP contribution >= 0.6 is 0 Å². The molecule has 0 spiro atoms. The van der Waals surface area contributed by atoms with E-state index in [1.165, 1.54) is 0 Å². The van der Waals surface area contributed by atoms with Gasteiger partial charge in [-0.2, -0.15) is 0 Å². The lowest BCUT2D eigenvalue weighted by atomic mass is 9.95. The van der Waals surface area contributed by atoms with Crippen molar-refractivity contribution in [2.75, 3.05) is 52.6 Å². The van der Waals surface area contributed by atoms with Gasteiger partial charge in [-0.05, 0) is 67.1 Å². The molecule has 1 atom stereocenters. The summed E-state index contributed by atoms with van der Waals surface area (Å²) in [5.41, 5.74) is 1.29. The summed E-state index contributed by atoms with van der Waals surface area (Å²) >= 11 is 0. The van der Waals surface area contributed by atoms with Gasteiger partial charge in [0.25, 0.3) is 11.7 Å². The van der Waals surface area contributed by atoms with E-state index < -0.39 is 17.7 Å². The van der Waals surface area contributed by atoms with Crippen molar-refractivity contribution in [2.24, 2.45) is 5.92 Å². The third kappa shape index (κ3) is 7.43. The van der Waals surface area contributed by atoms with Crippen LogP contribution in [0.15, 0.2) is 54.1 Å². The van der Waals surface area contributed by atoms with E-state index in [2.05, 4.69) is 18.7 Å². The molecule has 40 heavy (non-hydrogen) atoms. The van der Waals surface area contributed by atoms with Gasteiger partial charge in [0.2, 0.25) is 0 Å². The molecule has 216 valence electrons. The van der Waals surface area contributed by atoms with Crippen LogP contribution in [0.4, 0.5) is 0 Å². The summed E-state index contributed by atoms with van der Waals surface area (Å²) in [4.78, 5) is 30.7. The number of ketones is 1. The number of amides is 1. The number of hydrogen-bond donors (Lipinski definition) is 1. The average Bonchev–Trinajstić information content (AvgIpc) is 3.21. The van der Waals surface area contributed by atoms with E-state index in [1.54, 1.807) is 29.2 Å². The van der Waals surface area contributed by atoms with Gasteiger partial charge in [0.05, 0.1) is 38.0 Å². The normalized spacial score (nSPS) is 19.4. The lowest BCUT2D eigenvalue weighted by Gasteiger charge is -2.29. The maximum Gasteiger partial charge on any atom is 0.295 e. The molecule has 2 aliphatic rings. The molecule has 0 bridgehead atoms. The lowest BCUT2D eigenvalue weighted by Crippen LogP contribution is -2.38. The van der Waals surface area contributed by atoms with Crippen molar-refractivity contribution in [3.05, 3.63) is 65.2 Å². The number of rotatable bonds is 13. The molecule has 1 N–H and O–H groups in total. The van der Waals surface area contributed by atoms with Crippen molar-refractivity contribution in [3.8, 4) is 11.5 Å². The Morgan fingerprint density at radius 1 is 1.00 bits per heavy atom. The van der Waals surface area contributed by atoms with Crippen molar-refractivity contribution in [2.45, 2.75) is 46.1 Å². The monoisotopic (exact) mass is 550 g/mol. The fourth-order valence-corrected chi connectivity index (χ4v) is 5.02. The summed E-state index contributed by atoms with van der Waals surface area (Å²) in [5, 5.41) is 11.4. The van der Waals surface area contributed by atoms with Crippen molar-refractivity contribution in [3.63, 3.8) is 0 Å². The number of likely N-dealkylation sites (tertiary alicyclic amines) is 1. The van der Waals surface area contributed by atoms with E-state index in [4.69, 9.17) is 14.2 Å². The quantitative estimate of drug-likeness (QED) is 0.212. The van der Waals surface area contributed by atoms with Gasteiger partial charge in [0.15, 0.2) is 0 Å². The first-order chi connectivity index (χ1) is 19.4. The second kappa shape index (κ2) is 14.3. The zero-order chi connectivity index (χ0) is 28.5. The summed E-state index contributed by atoms with van der Waals surface area (Å²) in [6.07, 6.45) is 2.51. The standard InChI is InChI=1S/C32H42N2O6/c1-4-18-39-26-11-9-24(10-12-26)30(35)28-29(25-7-5-8-27(22-25)40-19-13-23(2)3)34(32(37)31(28)36)15-6-14-33-16-20-38-21-17-33/h5,7-12,22-23,29,35H,4,6,13-21H2,1-3H3/b30-28+. The Morgan fingerprint density at radius 2 is 1.73 bits per heavy atom. The molecular formula is C32H42N2O6. The zero-order valence-electron chi connectivity index (χ0n) is 23.9. The molecule has 1 unspecified atom stereocenters. The number of Topliss-reactive ketones (excluding diaryl/α,β-unsaturated/α-hetero) is 1. The molecule has 2 saturated heterocycles. The minimum absolute atomic E-state index is 0.0953. The van der Waals surface area contributed by atoms with Crippen LogP contribution in [-0.4, -0.2) is 79.2 Å². The van der Waals surface area contributed by atoms with Crippen LogP contribution in [0.1, 0.15) is 57.2 Å². The first kappa shape index (κ1) is 29.6. The third-order valence-corrected chi connectivity index (χ3v) is 7.26. The Balaban J connectivity index is 1.64. The minimum atomic E-state index is -0.714. The van der Waals surface area contributed by atoms with Crippen molar-refractivity contribution in [1.82, 2.24) is 9.80 Å². The van der Waals surface area contributed by atoms with Crippen molar-refractivity contribution < 1.29 is 28.9 Å². The van der Waals surface area contributed by atoms with Crippen LogP contribution in [-0.2, 0) is 14.3 Å². The van der Waals surface area contributed by atoms with Gasteiger partial charge >= 0.3 is 0 Å². The topological polar surface area (TPSA) is 88.5 Å². The molecule has 2 aliphatic heterocycles. The van der Waals surface area contributed by atoms with Crippen LogP contribution in [0.3, 0.4) is 0 Å². The summed E-state index contributed by atoms with van der Waals surface area (Å²) in [7, 11) is 0. The van der Waals surface area contributed by atoms with Gasteiger partial charge < -0.3 is 24.2 Å². The molecule has 0 aromatic heterocycles. The first-order valence-electron chi connectivity index (χ1n) is 14.4. The maximum atomic E-state index is 13.4. The number of ether oxygens (including phenoxy) is 3. The van der Waals surface area contributed by atoms with Crippen molar-refractivity contribution in [1.29, 1.82) is 0 Å². The average molecular weight is 551 g/mol. The number of hydrogen-bond acceptors (Lipinski definition) is 7. The van der Waals surface area contributed by atoms with Crippen LogP contribution in [0.5, 0.6) is 11.5 Å². The Hall–Kier alpha value is -3.36. The lowest BCUT2D eigenvalue weighted by molar-refractivity contribution is -0.140. The maximum absolute atomic E-state index is 13.4. The molecule has 8 nitrogen and oxygen atoms in total. The van der Waals surface area contributed by atoms with Crippen LogP contribution in [0.2, 0.25) is 0 Å². The molecule has 2 fully saturated rings. The van der Waals surface area contributed by atoms with Crippen LogP contribution < -0.4 is 9.47 Å². The summed E-state index contributed by atoms with van der Waals surface area (Å²) in [6, 6.07) is 13.8. The second-order valence-electron chi connectivity index (χ2n) is 10.8. The third-order valence-electron chi connectivity index (χ3n) is 7.26. The van der Waals surface area contributed by atoms with Crippen LogP contribution in [0, 0.1) is 5.92 Å². The fraction of sp³-hybridized carbons (Fsp3) is 0.500. The summed E-state index contributed by atoms with van der Waals surface area (Å²) in [6.45, 7) is 11.8. The number of nitrogens with zero attached hydrogens (tertiary/aromatic N) is 2. The Morgan fingerprint density at radius 3 is 2.42 bits per heavy atom. The predicted molar refractivity (Wildman–Crippen MR) is 155 cm³/mol. The van der Waals surface area contributed by atoms with E-state index in [0.717, 1.165) is 38.0 Å². The van der Waals surface area contributed by atoms with Gasteiger partial charge in [-0.15, -0.1) is 0 Å². The molecule has 8 heteroatoms. The molecule has 0 saturated carbocycles. The van der Waals surface area contributed by atoms with Crippen molar-refractivity contribution >= 4 is 17.4 Å². The molecule has 0 aliphatic carbocycles. The van der Waals surface area contributed by atoms with Gasteiger partial charge in [0.1, 0.15) is 17.3 Å². The highest BCUT2D eigenvalue weighted by Gasteiger charge is 2.46. The molecule has 2 aromatic carbocycles. The summed E-state index contributed by atoms with van der Waals surface area (Å²) in [5.74, 6) is 0.417. The minimum Gasteiger partial charge on any atom is -0.507 e. The second-order valence-corrected chi connectivity index (χ2v) is 10.8. The first-order valence-corrected chi connectivity index (χ1v) is 14.4. The Bertz CT molecular complexity index is 1170. The number of benzene rings is 2. The highest BCUT2D eigenvalue weighted by molar-refractivity contribution is 6.46. The number of carbonyl (C=O) groups is 2. The highest BCUT2D eigenvalue weighted by atomic mass is 16.5. The molecule has 1 amide bonds. The number of morpholine rings is 1. The van der Waals surface area contributed by atoms with E-state index in [0.29, 0.717) is 62.4 Å². The molecule has 2 aromatic rings. The highest BCUT2D eigenvalue weighted by Crippen LogP contribution is 2.40. The smallest absolute Gasteiger partial charge is 0.295 e. The van der Waals surface area contributed by atoms with Gasteiger partial charge in [0, 0.05) is 31.7 Å². The molecule has 2 heterocycles. The number of carbonyl (C=O) groups excluding carboxylic acids is 2. The molecular weight excluding hydrogens is 508 g/mol.